The second-order valence-corrected chi connectivity index (χ2v) is 4.99. The molecular formula is C12H13NO5. The molecule has 0 radical (unpaired) electrons. The maximum Gasteiger partial charge on any atom is 0.312 e. The van der Waals surface area contributed by atoms with Gasteiger partial charge in [-0.25, -0.2) is 0 Å². The highest BCUT2D eigenvalue weighted by Crippen LogP contribution is 2.60. The molecule has 2 bridgehead atoms. The molecule has 1 saturated heterocycles. The van der Waals surface area contributed by atoms with E-state index in [9.17, 15) is 14.4 Å². The third kappa shape index (κ3) is 1.20. The molecule has 1 aliphatic heterocycles. The third-order valence-corrected chi connectivity index (χ3v) is 4.30. The molecule has 1 amide bonds. The van der Waals surface area contributed by atoms with Gasteiger partial charge in [-0.2, -0.15) is 0 Å². The lowest BCUT2D eigenvalue weighted by Crippen LogP contribution is -2.56. The van der Waals surface area contributed by atoms with Crippen molar-refractivity contribution in [3.05, 3.63) is 12.7 Å². The van der Waals surface area contributed by atoms with E-state index in [1.165, 1.54) is 0 Å². The van der Waals surface area contributed by atoms with Crippen molar-refractivity contribution in [2.45, 2.75) is 24.7 Å². The van der Waals surface area contributed by atoms with Crippen LogP contribution in [-0.2, 0) is 23.9 Å². The van der Waals surface area contributed by atoms with E-state index in [4.69, 9.17) is 9.47 Å². The first kappa shape index (κ1) is 11.3. The second-order valence-electron chi connectivity index (χ2n) is 4.99. The minimum absolute atomic E-state index is 0.107. The second kappa shape index (κ2) is 3.57. The zero-order valence-corrected chi connectivity index (χ0v) is 9.63. The molecule has 1 N–H and O–H groups in total. The van der Waals surface area contributed by atoms with Gasteiger partial charge in [0, 0.05) is 0 Å². The zero-order chi connectivity index (χ0) is 12.9. The fourth-order valence-electron chi connectivity index (χ4n) is 3.68. The molecule has 0 spiro atoms. The highest BCUT2D eigenvalue weighted by Gasteiger charge is 2.73. The molecule has 3 aliphatic rings. The summed E-state index contributed by atoms with van der Waals surface area (Å²) in [5.74, 6) is -2.23. The first-order valence-electron chi connectivity index (χ1n) is 5.89. The van der Waals surface area contributed by atoms with Gasteiger partial charge in [-0.05, 0) is 24.8 Å². The number of rotatable bonds is 4. The Morgan fingerprint density at radius 3 is 3.00 bits per heavy atom. The summed E-state index contributed by atoms with van der Waals surface area (Å²) < 4.78 is 10.4. The molecule has 2 saturated carbocycles. The highest BCUT2D eigenvalue weighted by molar-refractivity contribution is 5.87. The van der Waals surface area contributed by atoms with Crippen molar-refractivity contribution in [3.8, 4) is 0 Å². The summed E-state index contributed by atoms with van der Waals surface area (Å²) in [5.41, 5.74) is 0. The predicted molar refractivity (Wildman–Crippen MR) is 57.8 cm³/mol. The van der Waals surface area contributed by atoms with Crippen LogP contribution >= 0.6 is 0 Å². The van der Waals surface area contributed by atoms with Gasteiger partial charge in [-0.3, -0.25) is 14.4 Å². The summed E-state index contributed by atoms with van der Waals surface area (Å²) in [6, 6.07) is -0.471. The minimum Gasteiger partial charge on any atom is -0.422 e. The van der Waals surface area contributed by atoms with Gasteiger partial charge in [0.15, 0.2) is 0 Å². The van der Waals surface area contributed by atoms with Gasteiger partial charge in [-0.1, -0.05) is 6.58 Å². The van der Waals surface area contributed by atoms with E-state index < -0.39 is 11.8 Å². The summed E-state index contributed by atoms with van der Waals surface area (Å²) in [7, 11) is 0. The largest absolute Gasteiger partial charge is 0.422 e. The summed E-state index contributed by atoms with van der Waals surface area (Å²) in [4.78, 5) is 33.8. The number of esters is 1. The Balaban J connectivity index is 1.94. The van der Waals surface area contributed by atoms with E-state index in [1.54, 1.807) is 0 Å². The average molecular weight is 251 g/mol. The van der Waals surface area contributed by atoms with Crippen LogP contribution in [-0.4, -0.2) is 30.2 Å². The molecule has 0 aromatic carbocycles. The number of ether oxygens (including phenoxy) is 2. The molecule has 3 rings (SSSR count). The van der Waals surface area contributed by atoms with Crippen molar-refractivity contribution >= 4 is 18.3 Å². The number of fused-ring (bicyclic) bond motifs is 1. The average Bonchev–Trinajstić information content (AvgIpc) is 2.93. The first-order chi connectivity index (χ1) is 8.62. The molecule has 18 heavy (non-hydrogen) atoms. The number of carbonyl (C=O) groups excluding carboxylic acids is 3. The maximum atomic E-state index is 11.7. The maximum absolute atomic E-state index is 11.7. The van der Waals surface area contributed by atoms with Crippen LogP contribution in [0.4, 0.5) is 0 Å². The summed E-state index contributed by atoms with van der Waals surface area (Å²) in [6.07, 6.45) is 2.55. The van der Waals surface area contributed by atoms with Crippen LogP contribution in [0.5, 0.6) is 0 Å². The van der Waals surface area contributed by atoms with Crippen LogP contribution in [0.15, 0.2) is 12.7 Å². The molecular weight excluding hydrogens is 238 g/mol. The SMILES string of the molecule is C=CC(=O)NC1C2CC3C(=O)OC1(OC=O)C3C2. The van der Waals surface area contributed by atoms with Crippen LogP contribution < -0.4 is 5.32 Å². The van der Waals surface area contributed by atoms with Gasteiger partial charge >= 0.3 is 5.97 Å². The summed E-state index contributed by atoms with van der Waals surface area (Å²) >= 11 is 0. The number of amides is 1. The Morgan fingerprint density at radius 1 is 1.56 bits per heavy atom. The smallest absolute Gasteiger partial charge is 0.312 e. The molecule has 6 nitrogen and oxygen atoms in total. The van der Waals surface area contributed by atoms with Crippen molar-refractivity contribution in [1.29, 1.82) is 0 Å². The number of hydrogen-bond acceptors (Lipinski definition) is 5. The van der Waals surface area contributed by atoms with Gasteiger partial charge in [0.25, 0.3) is 12.3 Å². The van der Waals surface area contributed by atoms with Gasteiger partial charge in [-0.15, -0.1) is 0 Å². The number of hydrogen-bond donors (Lipinski definition) is 1. The van der Waals surface area contributed by atoms with Crippen molar-refractivity contribution in [1.82, 2.24) is 5.32 Å². The van der Waals surface area contributed by atoms with Crippen LogP contribution in [0.1, 0.15) is 12.8 Å². The van der Waals surface area contributed by atoms with Gasteiger partial charge in [0.05, 0.1) is 11.8 Å². The van der Waals surface area contributed by atoms with Gasteiger partial charge < -0.3 is 14.8 Å². The Morgan fingerprint density at radius 2 is 2.33 bits per heavy atom. The van der Waals surface area contributed by atoms with Gasteiger partial charge in [0.2, 0.25) is 5.91 Å². The monoisotopic (exact) mass is 251 g/mol. The molecule has 3 fully saturated rings. The summed E-state index contributed by atoms with van der Waals surface area (Å²) in [5, 5.41) is 2.72. The lowest BCUT2D eigenvalue weighted by Gasteiger charge is -2.35. The lowest BCUT2D eigenvalue weighted by atomic mass is 9.84. The van der Waals surface area contributed by atoms with Crippen molar-refractivity contribution in [3.63, 3.8) is 0 Å². The Labute approximate surface area is 103 Å². The Hall–Kier alpha value is -1.85. The molecule has 6 heteroatoms. The molecule has 2 aliphatic carbocycles. The quantitative estimate of drug-likeness (QED) is 0.423. The van der Waals surface area contributed by atoms with Crippen molar-refractivity contribution < 1.29 is 23.9 Å². The van der Waals surface area contributed by atoms with E-state index in [2.05, 4.69) is 11.9 Å². The highest BCUT2D eigenvalue weighted by atomic mass is 16.7. The molecule has 0 aromatic rings. The number of nitrogens with one attached hydrogen (secondary N) is 1. The molecule has 5 atom stereocenters. The standard InChI is InChI=1S/C12H13NO5/c1-2-9(15)13-10-6-3-7-8(4-6)12(10,17-5-14)18-11(7)16/h2,5-8,10H,1,3-4H2,(H,13,15). The third-order valence-electron chi connectivity index (χ3n) is 4.30. The fraction of sp³-hybridized carbons (Fsp3) is 0.583. The van der Waals surface area contributed by atoms with Crippen LogP contribution in [0.2, 0.25) is 0 Å². The topological polar surface area (TPSA) is 81.7 Å². The lowest BCUT2D eigenvalue weighted by molar-refractivity contribution is -0.221. The van der Waals surface area contributed by atoms with Gasteiger partial charge in [0.1, 0.15) is 6.04 Å². The first-order valence-corrected chi connectivity index (χ1v) is 5.89. The molecule has 5 unspecified atom stereocenters. The van der Waals surface area contributed by atoms with Crippen LogP contribution in [0.3, 0.4) is 0 Å². The molecule has 96 valence electrons. The minimum atomic E-state index is -1.30. The molecule has 0 aromatic heterocycles. The van der Waals surface area contributed by atoms with Crippen LogP contribution in [0.25, 0.3) is 0 Å². The summed E-state index contributed by atoms with van der Waals surface area (Å²) in [6.45, 7) is 3.66. The Bertz CT molecular complexity index is 448. The van der Waals surface area contributed by atoms with Crippen LogP contribution in [0, 0.1) is 17.8 Å². The number of carbonyl (C=O) groups is 3. The zero-order valence-electron chi connectivity index (χ0n) is 9.63. The van der Waals surface area contributed by atoms with E-state index in [0.29, 0.717) is 6.42 Å². The van der Waals surface area contributed by atoms with E-state index in [1.807, 2.05) is 0 Å². The van der Waals surface area contributed by atoms with E-state index in [0.717, 1.165) is 12.5 Å². The van der Waals surface area contributed by atoms with Crippen molar-refractivity contribution in [2.24, 2.45) is 17.8 Å². The van der Waals surface area contributed by atoms with E-state index >= 15 is 0 Å². The fourth-order valence-corrected chi connectivity index (χ4v) is 3.68. The van der Waals surface area contributed by atoms with E-state index in [-0.39, 0.29) is 36.1 Å². The molecule has 1 heterocycles. The van der Waals surface area contributed by atoms with Crippen molar-refractivity contribution in [2.75, 3.05) is 0 Å². The normalized spacial score (nSPS) is 43.4. The Kier molecular flexibility index (Phi) is 2.23. The predicted octanol–water partition coefficient (Wildman–Crippen LogP) is -0.261.